The first-order valence-electron chi connectivity index (χ1n) is 5.97. The maximum absolute atomic E-state index is 11.6. The molecule has 1 aromatic heterocycles. The van der Waals surface area contributed by atoms with Gasteiger partial charge in [0.2, 0.25) is 5.91 Å². The molecule has 1 aliphatic rings. The van der Waals surface area contributed by atoms with Crippen molar-refractivity contribution in [3.63, 3.8) is 0 Å². The Morgan fingerprint density at radius 3 is 3.17 bits per heavy atom. The highest BCUT2D eigenvalue weighted by molar-refractivity contribution is 5.78. The molecule has 5 heteroatoms. The SMILES string of the molecule is CONC(=Cc1cccnc1)CN1CCCC1=O. The lowest BCUT2D eigenvalue weighted by Gasteiger charge is -2.18. The Bertz CT molecular complexity index is 431. The standard InChI is InChI=1S/C13H17N3O2/c1-18-15-12(8-11-4-2-6-14-9-11)10-16-7-3-5-13(16)17/h2,4,6,8-9,15H,3,5,7,10H2,1H3. The summed E-state index contributed by atoms with van der Waals surface area (Å²) in [7, 11) is 1.56. The average Bonchev–Trinajstić information content (AvgIpc) is 2.77. The number of pyridine rings is 1. The van der Waals surface area contributed by atoms with Crippen molar-refractivity contribution in [3.05, 3.63) is 35.8 Å². The zero-order chi connectivity index (χ0) is 12.8. The Kier molecular flexibility index (Phi) is 4.30. The van der Waals surface area contributed by atoms with Crippen LogP contribution in [0.5, 0.6) is 0 Å². The van der Waals surface area contributed by atoms with Gasteiger partial charge in [-0.05, 0) is 24.1 Å². The number of likely N-dealkylation sites (tertiary alicyclic amines) is 1. The molecule has 1 N–H and O–H groups in total. The van der Waals surface area contributed by atoms with Crippen LogP contribution < -0.4 is 5.48 Å². The van der Waals surface area contributed by atoms with E-state index in [1.54, 1.807) is 19.5 Å². The number of rotatable bonds is 5. The van der Waals surface area contributed by atoms with Crippen LogP contribution in [-0.2, 0) is 9.63 Å². The quantitative estimate of drug-likeness (QED) is 0.794. The smallest absolute Gasteiger partial charge is 0.222 e. The molecule has 0 spiro atoms. The van der Waals surface area contributed by atoms with Crippen LogP contribution in [0.15, 0.2) is 30.2 Å². The Labute approximate surface area is 106 Å². The van der Waals surface area contributed by atoms with Crippen LogP contribution >= 0.6 is 0 Å². The lowest BCUT2D eigenvalue weighted by Crippen LogP contribution is -2.31. The summed E-state index contributed by atoms with van der Waals surface area (Å²) in [6.07, 6.45) is 7.01. The topological polar surface area (TPSA) is 54.5 Å². The second-order valence-corrected chi connectivity index (χ2v) is 4.18. The molecule has 1 aromatic rings. The molecule has 0 saturated carbocycles. The first-order valence-corrected chi connectivity index (χ1v) is 5.97. The maximum atomic E-state index is 11.6. The zero-order valence-electron chi connectivity index (χ0n) is 10.4. The molecule has 18 heavy (non-hydrogen) atoms. The number of nitrogens with zero attached hydrogens (tertiary/aromatic N) is 2. The van der Waals surface area contributed by atoms with Crippen LogP contribution in [0.3, 0.4) is 0 Å². The molecule has 1 fully saturated rings. The molecule has 0 unspecified atom stereocenters. The van der Waals surface area contributed by atoms with Gasteiger partial charge in [0.05, 0.1) is 19.4 Å². The van der Waals surface area contributed by atoms with E-state index in [-0.39, 0.29) is 5.91 Å². The minimum absolute atomic E-state index is 0.199. The van der Waals surface area contributed by atoms with Gasteiger partial charge in [0.25, 0.3) is 0 Å². The van der Waals surface area contributed by atoms with Gasteiger partial charge in [-0.15, -0.1) is 0 Å². The van der Waals surface area contributed by atoms with Crippen molar-refractivity contribution in [2.75, 3.05) is 20.2 Å². The van der Waals surface area contributed by atoms with Crippen LogP contribution in [0.1, 0.15) is 18.4 Å². The van der Waals surface area contributed by atoms with Crippen molar-refractivity contribution >= 4 is 12.0 Å². The van der Waals surface area contributed by atoms with Gasteiger partial charge in [-0.1, -0.05) is 6.07 Å². The van der Waals surface area contributed by atoms with Gasteiger partial charge in [-0.3, -0.25) is 20.1 Å². The van der Waals surface area contributed by atoms with Gasteiger partial charge >= 0.3 is 0 Å². The number of nitrogens with one attached hydrogen (secondary N) is 1. The molecular formula is C13H17N3O2. The van der Waals surface area contributed by atoms with Gasteiger partial charge in [-0.25, -0.2) is 0 Å². The molecule has 1 aliphatic heterocycles. The third kappa shape index (κ3) is 3.30. The van der Waals surface area contributed by atoms with E-state index in [9.17, 15) is 4.79 Å². The molecular weight excluding hydrogens is 230 g/mol. The third-order valence-corrected chi connectivity index (χ3v) is 2.79. The van der Waals surface area contributed by atoms with Crippen molar-refractivity contribution in [1.29, 1.82) is 0 Å². The van der Waals surface area contributed by atoms with Crippen molar-refractivity contribution in [2.24, 2.45) is 0 Å². The van der Waals surface area contributed by atoms with E-state index in [1.807, 2.05) is 23.1 Å². The van der Waals surface area contributed by atoms with E-state index in [0.29, 0.717) is 13.0 Å². The molecule has 1 amide bonds. The predicted molar refractivity (Wildman–Crippen MR) is 68.2 cm³/mol. The van der Waals surface area contributed by atoms with Gasteiger partial charge in [-0.2, -0.15) is 0 Å². The van der Waals surface area contributed by atoms with E-state index in [1.165, 1.54) is 0 Å². The normalized spacial score (nSPS) is 16.2. The monoisotopic (exact) mass is 247 g/mol. The first kappa shape index (κ1) is 12.6. The summed E-state index contributed by atoms with van der Waals surface area (Å²) in [4.78, 5) is 22.4. The number of aromatic nitrogens is 1. The lowest BCUT2D eigenvalue weighted by molar-refractivity contribution is -0.127. The van der Waals surface area contributed by atoms with E-state index >= 15 is 0 Å². The van der Waals surface area contributed by atoms with Crippen LogP contribution in [0.4, 0.5) is 0 Å². The highest BCUT2D eigenvalue weighted by Gasteiger charge is 2.20. The second-order valence-electron chi connectivity index (χ2n) is 4.18. The number of carbonyl (C=O) groups is 1. The number of hydroxylamine groups is 1. The van der Waals surface area contributed by atoms with Crippen molar-refractivity contribution < 1.29 is 9.63 Å². The Balaban J connectivity index is 2.08. The van der Waals surface area contributed by atoms with Crippen LogP contribution in [0.2, 0.25) is 0 Å². The molecule has 0 aliphatic carbocycles. The number of carbonyl (C=O) groups excluding carboxylic acids is 1. The Hall–Kier alpha value is -1.88. The van der Waals surface area contributed by atoms with Crippen LogP contribution in [0.25, 0.3) is 6.08 Å². The molecule has 2 heterocycles. The van der Waals surface area contributed by atoms with Gasteiger partial charge in [0, 0.05) is 25.4 Å². The Morgan fingerprint density at radius 1 is 1.67 bits per heavy atom. The van der Waals surface area contributed by atoms with E-state index in [0.717, 1.165) is 24.2 Å². The molecule has 0 bridgehead atoms. The van der Waals surface area contributed by atoms with Gasteiger partial charge in [0.15, 0.2) is 0 Å². The third-order valence-electron chi connectivity index (χ3n) is 2.79. The highest BCUT2D eigenvalue weighted by Crippen LogP contribution is 2.12. The van der Waals surface area contributed by atoms with Gasteiger partial charge < -0.3 is 4.90 Å². The van der Waals surface area contributed by atoms with E-state index < -0.39 is 0 Å². The number of hydrogen-bond acceptors (Lipinski definition) is 4. The summed E-state index contributed by atoms with van der Waals surface area (Å²) in [6.45, 7) is 1.36. The fourth-order valence-corrected chi connectivity index (χ4v) is 1.98. The fraction of sp³-hybridized carbons (Fsp3) is 0.385. The summed E-state index contributed by atoms with van der Waals surface area (Å²) in [6, 6.07) is 3.83. The summed E-state index contributed by atoms with van der Waals surface area (Å²) in [5, 5.41) is 0. The average molecular weight is 247 g/mol. The minimum Gasteiger partial charge on any atom is -0.337 e. The van der Waals surface area contributed by atoms with Crippen molar-refractivity contribution in [1.82, 2.24) is 15.4 Å². The second kappa shape index (κ2) is 6.16. The van der Waals surface area contributed by atoms with Crippen LogP contribution in [-0.4, -0.2) is 36.0 Å². The summed E-state index contributed by atoms with van der Waals surface area (Å²) < 4.78 is 0. The molecule has 0 atom stereocenters. The summed E-state index contributed by atoms with van der Waals surface area (Å²) in [5.41, 5.74) is 4.64. The molecule has 96 valence electrons. The van der Waals surface area contributed by atoms with E-state index in [4.69, 9.17) is 4.84 Å². The Morgan fingerprint density at radius 2 is 2.56 bits per heavy atom. The molecule has 0 radical (unpaired) electrons. The van der Waals surface area contributed by atoms with Crippen molar-refractivity contribution in [3.8, 4) is 0 Å². The van der Waals surface area contributed by atoms with Crippen LogP contribution in [0, 0.1) is 0 Å². The summed E-state index contributed by atoms with van der Waals surface area (Å²) in [5.74, 6) is 0.199. The first-order chi connectivity index (χ1) is 8.79. The van der Waals surface area contributed by atoms with E-state index in [2.05, 4.69) is 10.5 Å². The number of hydrogen-bond donors (Lipinski definition) is 1. The molecule has 0 aromatic carbocycles. The molecule has 5 nitrogen and oxygen atoms in total. The predicted octanol–water partition coefficient (Wildman–Crippen LogP) is 1.20. The minimum atomic E-state index is 0.199. The number of amides is 1. The maximum Gasteiger partial charge on any atom is 0.222 e. The lowest BCUT2D eigenvalue weighted by atomic mass is 10.2. The van der Waals surface area contributed by atoms with Gasteiger partial charge in [0.1, 0.15) is 0 Å². The molecule has 1 saturated heterocycles. The highest BCUT2D eigenvalue weighted by atomic mass is 16.6. The molecule has 2 rings (SSSR count). The largest absolute Gasteiger partial charge is 0.337 e. The fourth-order valence-electron chi connectivity index (χ4n) is 1.98. The summed E-state index contributed by atoms with van der Waals surface area (Å²) >= 11 is 0. The zero-order valence-corrected chi connectivity index (χ0v) is 10.4. The van der Waals surface area contributed by atoms with Crippen molar-refractivity contribution in [2.45, 2.75) is 12.8 Å².